The van der Waals surface area contributed by atoms with Gasteiger partial charge < -0.3 is 11.1 Å². The van der Waals surface area contributed by atoms with E-state index < -0.39 is 28.9 Å². The minimum atomic E-state index is -1.68. The van der Waals surface area contributed by atoms with Crippen LogP contribution >= 0.6 is 0 Å². The topological polar surface area (TPSA) is 55.1 Å². The monoisotopic (exact) mass is 294 g/mol. The summed E-state index contributed by atoms with van der Waals surface area (Å²) < 4.78 is 39.5. The van der Waals surface area contributed by atoms with Gasteiger partial charge >= 0.3 is 0 Å². The van der Waals surface area contributed by atoms with Crippen molar-refractivity contribution < 1.29 is 18.0 Å². The smallest absolute Gasteiger partial charge is 0.258 e. The third kappa shape index (κ3) is 2.84. The first-order valence-corrected chi connectivity index (χ1v) is 6.13. The lowest BCUT2D eigenvalue weighted by molar-refractivity contribution is 0.102. The third-order valence-corrected chi connectivity index (χ3v) is 3.19. The van der Waals surface area contributed by atoms with Gasteiger partial charge in [-0.3, -0.25) is 4.79 Å². The number of carbonyl (C=O) groups excluding carboxylic acids is 1. The zero-order valence-corrected chi connectivity index (χ0v) is 11.4. The summed E-state index contributed by atoms with van der Waals surface area (Å²) in [4.78, 5) is 12.0. The predicted octanol–water partition coefficient (Wildman–Crippen LogP) is 3.56. The molecule has 2 aromatic carbocycles. The van der Waals surface area contributed by atoms with Gasteiger partial charge in [-0.25, -0.2) is 13.2 Å². The van der Waals surface area contributed by atoms with Gasteiger partial charge in [-0.15, -0.1) is 0 Å². The van der Waals surface area contributed by atoms with Gasteiger partial charge in [0.25, 0.3) is 5.91 Å². The van der Waals surface area contributed by atoms with Crippen LogP contribution in [0.2, 0.25) is 0 Å². The van der Waals surface area contributed by atoms with Crippen LogP contribution in [-0.4, -0.2) is 5.91 Å². The Morgan fingerprint density at radius 2 is 1.67 bits per heavy atom. The molecule has 0 saturated heterocycles. The molecule has 0 aliphatic heterocycles. The van der Waals surface area contributed by atoms with E-state index in [1.807, 2.05) is 13.8 Å². The van der Waals surface area contributed by atoms with Crippen molar-refractivity contribution in [2.75, 3.05) is 11.1 Å². The molecule has 0 bridgehead atoms. The van der Waals surface area contributed by atoms with E-state index in [-0.39, 0.29) is 5.69 Å². The van der Waals surface area contributed by atoms with E-state index in [1.165, 1.54) is 0 Å². The van der Waals surface area contributed by atoms with Gasteiger partial charge in [0, 0.05) is 0 Å². The van der Waals surface area contributed by atoms with Crippen LogP contribution in [0.5, 0.6) is 0 Å². The van der Waals surface area contributed by atoms with E-state index in [0.29, 0.717) is 11.8 Å². The molecule has 110 valence electrons. The second-order valence-corrected chi connectivity index (χ2v) is 4.70. The first kappa shape index (κ1) is 14.9. The van der Waals surface area contributed by atoms with Crippen molar-refractivity contribution in [3.8, 4) is 0 Å². The Balaban J connectivity index is 2.35. The molecule has 1 amide bonds. The fraction of sp³-hybridized carbons (Fsp3) is 0.133. The van der Waals surface area contributed by atoms with Crippen molar-refractivity contribution in [1.29, 1.82) is 0 Å². The number of rotatable bonds is 2. The van der Waals surface area contributed by atoms with Crippen molar-refractivity contribution in [3.05, 3.63) is 58.4 Å². The van der Waals surface area contributed by atoms with Crippen molar-refractivity contribution in [2.24, 2.45) is 0 Å². The highest BCUT2D eigenvalue weighted by Crippen LogP contribution is 2.24. The lowest BCUT2D eigenvalue weighted by Crippen LogP contribution is -2.16. The van der Waals surface area contributed by atoms with Crippen molar-refractivity contribution >= 4 is 17.3 Å². The van der Waals surface area contributed by atoms with Crippen LogP contribution in [0.4, 0.5) is 24.5 Å². The van der Waals surface area contributed by atoms with Crippen LogP contribution in [0, 0.1) is 31.3 Å². The molecular formula is C15H13F3N2O. The maximum absolute atomic E-state index is 13.6. The molecule has 0 unspecified atom stereocenters. The van der Waals surface area contributed by atoms with Gasteiger partial charge in [-0.05, 0) is 49.2 Å². The first-order valence-electron chi connectivity index (χ1n) is 6.13. The van der Waals surface area contributed by atoms with Crippen LogP contribution in [-0.2, 0) is 0 Å². The third-order valence-electron chi connectivity index (χ3n) is 3.19. The highest BCUT2D eigenvalue weighted by molar-refractivity contribution is 6.06. The fourth-order valence-electron chi connectivity index (χ4n) is 1.84. The van der Waals surface area contributed by atoms with Crippen molar-refractivity contribution in [3.63, 3.8) is 0 Å². The molecule has 0 saturated carbocycles. The van der Waals surface area contributed by atoms with E-state index in [4.69, 9.17) is 5.73 Å². The molecule has 0 fully saturated rings. The van der Waals surface area contributed by atoms with Crippen LogP contribution in [0.1, 0.15) is 21.5 Å². The summed E-state index contributed by atoms with van der Waals surface area (Å²) in [5.41, 5.74) is 7.57. The van der Waals surface area contributed by atoms with E-state index in [0.717, 1.165) is 17.2 Å². The molecule has 6 heteroatoms. The maximum Gasteiger partial charge on any atom is 0.258 e. The predicted molar refractivity (Wildman–Crippen MR) is 74.6 cm³/mol. The minimum absolute atomic E-state index is 0.284. The average Bonchev–Trinajstić information content (AvgIpc) is 2.42. The number of hydrogen-bond acceptors (Lipinski definition) is 2. The maximum atomic E-state index is 13.6. The van der Waals surface area contributed by atoms with Crippen LogP contribution in [0.25, 0.3) is 0 Å². The fourth-order valence-corrected chi connectivity index (χ4v) is 1.84. The molecule has 2 rings (SSSR count). The Kier molecular flexibility index (Phi) is 3.88. The molecule has 21 heavy (non-hydrogen) atoms. The molecule has 2 aromatic rings. The number of aryl methyl sites for hydroxylation is 2. The van der Waals surface area contributed by atoms with E-state index >= 15 is 0 Å². The van der Waals surface area contributed by atoms with Crippen LogP contribution < -0.4 is 11.1 Å². The molecule has 3 nitrogen and oxygen atoms in total. The van der Waals surface area contributed by atoms with Gasteiger partial charge in [0.05, 0.1) is 16.9 Å². The minimum Gasteiger partial charge on any atom is -0.397 e. The number of nitrogen functional groups attached to an aromatic ring is 1. The van der Waals surface area contributed by atoms with Crippen LogP contribution in [0.15, 0.2) is 24.3 Å². The quantitative estimate of drug-likeness (QED) is 0.657. The molecule has 0 aromatic heterocycles. The Morgan fingerprint density at radius 1 is 1.05 bits per heavy atom. The number of halogens is 3. The number of carbonyl (C=O) groups is 1. The molecule has 0 aliphatic carbocycles. The van der Waals surface area contributed by atoms with Gasteiger partial charge in [-0.2, -0.15) is 0 Å². The van der Waals surface area contributed by atoms with E-state index in [2.05, 4.69) is 5.32 Å². The lowest BCUT2D eigenvalue weighted by atomic mass is 10.1. The van der Waals surface area contributed by atoms with Gasteiger partial charge in [0.2, 0.25) is 0 Å². The molecule has 3 N–H and O–H groups in total. The number of hydrogen-bond donors (Lipinski definition) is 2. The largest absolute Gasteiger partial charge is 0.397 e. The zero-order valence-electron chi connectivity index (χ0n) is 11.4. The standard InChI is InChI=1S/C15H13F3N2O/c1-7-5-11(19)12(6-8(7)2)20-15(21)9-3-4-10(16)14(18)13(9)17/h3-6H,19H2,1-2H3,(H,20,21). The number of nitrogens with two attached hydrogens (primary N) is 1. The SMILES string of the molecule is Cc1cc(N)c(NC(=O)c2ccc(F)c(F)c2F)cc1C. The van der Waals surface area contributed by atoms with Crippen LogP contribution in [0.3, 0.4) is 0 Å². The van der Waals surface area contributed by atoms with Gasteiger partial charge in [-0.1, -0.05) is 0 Å². The second-order valence-electron chi connectivity index (χ2n) is 4.70. The summed E-state index contributed by atoms with van der Waals surface area (Å²) in [6.45, 7) is 3.68. The van der Waals surface area contributed by atoms with E-state index in [1.54, 1.807) is 12.1 Å². The van der Waals surface area contributed by atoms with Gasteiger partial charge in [0.15, 0.2) is 17.5 Å². The molecule has 0 aliphatic rings. The average molecular weight is 294 g/mol. The molecule has 0 heterocycles. The zero-order chi connectivity index (χ0) is 15.7. The first-order chi connectivity index (χ1) is 9.81. The molecule has 0 radical (unpaired) electrons. The highest BCUT2D eigenvalue weighted by Gasteiger charge is 2.19. The van der Waals surface area contributed by atoms with Crippen molar-refractivity contribution in [1.82, 2.24) is 0 Å². The number of anilines is 2. The summed E-state index contributed by atoms with van der Waals surface area (Å²) in [6.07, 6.45) is 0. The molecule has 0 spiro atoms. The normalized spacial score (nSPS) is 10.5. The summed E-state index contributed by atoms with van der Waals surface area (Å²) in [5.74, 6) is -5.47. The lowest BCUT2D eigenvalue weighted by Gasteiger charge is -2.11. The van der Waals surface area contributed by atoms with E-state index in [9.17, 15) is 18.0 Å². The Labute approximate surface area is 119 Å². The van der Waals surface area contributed by atoms with Crippen molar-refractivity contribution in [2.45, 2.75) is 13.8 Å². The molecular weight excluding hydrogens is 281 g/mol. The van der Waals surface area contributed by atoms with Gasteiger partial charge in [0.1, 0.15) is 0 Å². The highest BCUT2D eigenvalue weighted by atomic mass is 19.2. The number of amides is 1. The second kappa shape index (κ2) is 5.47. The molecule has 0 atom stereocenters. The Bertz CT molecular complexity index is 729. The number of nitrogens with one attached hydrogen (secondary N) is 1. The number of benzene rings is 2. The summed E-state index contributed by atoms with van der Waals surface area (Å²) in [6, 6.07) is 4.85. The summed E-state index contributed by atoms with van der Waals surface area (Å²) in [5, 5.41) is 2.39. The Hall–Kier alpha value is -2.50. The Morgan fingerprint density at radius 3 is 2.33 bits per heavy atom. The summed E-state index contributed by atoms with van der Waals surface area (Å²) in [7, 11) is 0. The summed E-state index contributed by atoms with van der Waals surface area (Å²) >= 11 is 0.